The molecule has 0 saturated heterocycles. The minimum atomic E-state index is -1.46. The predicted molar refractivity (Wildman–Crippen MR) is 48.2 cm³/mol. The van der Waals surface area contributed by atoms with Gasteiger partial charge in [0.1, 0.15) is 12.2 Å². The highest BCUT2D eigenvalue weighted by Gasteiger charge is 2.26. The second-order valence-corrected chi connectivity index (χ2v) is 2.60. The molecule has 6 heteroatoms. The highest BCUT2D eigenvalue weighted by Crippen LogP contribution is 2.00. The molecule has 0 aromatic rings. The highest BCUT2D eigenvalue weighted by molar-refractivity contribution is 5.57. The Morgan fingerprint density at radius 3 is 2.57 bits per heavy atom. The van der Waals surface area contributed by atoms with E-state index in [-0.39, 0.29) is 0 Å². The molecule has 0 aliphatic rings. The number of carbonyl (C=O) groups is 1. The minimum absolute atomic E-state index is 0.298. The van der Waals surface area contributed by atoms with Crippen LogP contribution in [0, 0.1) is 0 Å². The number of hydroxylamine groups is 1. The fourth-order valence-corrected chi connectivity index (χ4v) is 0.708. The van der Waals surface area contributed by atoms with Crippen LogP contribution < -0.4 is 5.48 Å². The molecule has 0 aliphatic heterocycles. The van der Waals surface area contributed by atoms with Gasteiger partial charge in [0, 0.05) is 6.54 Å². The first-order valence-electron chi connectivity index (χ1n) is 4.09. The van der Waals surface area contributed by atoms with E-state index in [9.17, 15) is 9.90 Å². The quantitative estimate of drug-likeness (QED) is 0.158. The zero-order chi connectivity index (χ0) is 11.0. The second-order valence-electron chi connectivity index (χ2n) is 2.60. The fourth-order valence-electron chi connectivity index (χ4n) is 0.708. The number of aliphatic hydroxyl groups is 3. The number of hydrogen-bond donors (Lipinski definition) is 4. The first-order valence-corrected chi connectivity index (χ1v) is 4.09. The molecule has 0 heterocycles. The third-order valence-corrected chi connectivity index (χ3v) is 1.50. The van der Waals surface area contributed by atoms with Gasteiger partial charge in [0.25, 0.3) is 0 Å². The van der Waals surface area contributed by atoms with Crippen LogP contribution in [0.2, 0.25) is 0 Å². The van der Waals surface area contributed by atoms with Crippen LogP contribution in [0.3, 0.4) is 0 Å². The summed E-state index contributed by atoms with van der Waals surface area (Å²) in [6.45, 7) is 3.05. The molecule has 0 aromatic carbocycles. The number of rotatable bonds is 8. The number of aldehydes is 1. The number of aliphatic hydroxyl groups excluding tert-OH is 3. The zero-order valence-electron chi connectivity index (χ0n) is 7.67. The molecule has 0 aromatic heterocycles. The second kappa shape index (κ2) is 7.60. The van der Waals surface area contributed by atoms with E-state index < -0.39 is 24.9 Å². The van der Waals surface area contributed by atoms with Crippen molar-refractivity contribution in [1.82, 2.24) is 5.48 Å². The van der Waals surface area contributed by atoms with Crippen molar-refractivity contribution in [2.24, 2.45) is 0 Å². The van der Waals surface area contributed by atoms with Crippen molar-refractivity contribution in [2.75, 3.05) is 13.2 Å². The summed E-state index contributed by atoms with van der Waals surface area (Å²) in [7, 11) is 0. The van der Waals surface area contributed by atoms with Crippen LogP contribution in [0.5, 0.6) is 0 Å². The van der Waals surface area contributed by atoms with Crippen LogP contribution in [0.4, 0.5) is 0 Å². The Hall–Kier alpha value is -0.790. The summed E-state index contributed by atoms with van der Waals surface area (Å²) in [6, 6.07) is 0. The summed E-state index contributed by atoms with van der Waals surface area (Å²) >= 11 is 0. The van der Waals surface area contributed by atoms with Crippen LogP contribution in [0.15, 0.2) is 12.7 Å². The molecule has 6 nitrogen and oxygen atoms in total. The van der Waals surface area contributed by atoms with Gasteiger partial charge in [-0.25, -0.2) is 0 Å². The van der Waals surface area contributed by atoms with Crippen molar-refractivity contribution in [2.45, 2.75) is 18.3 Å². The average Bonchev–Trinajstić information content (AvgIpc) is 2.22. The third kappa shape index (κ3) is 4.45. The van der Waals surface area contributed by atoms with Gasteiger partial charge in [0.05, 0.1) is 6.61 Å². The molecule has 3 atom stereocenters. The first kappa shape index (κ1) is 13.2. The minimum Gasteiger partial charge on any atom is -0.394 e. The van der Waals surface area contributed by atoms with E-state index in [4.69, 9.17) is 15.1 Å². The van der Waals surface area contributed by atoms with Gasteiger partial charge in [-0.1, -0.05) is 6.08 Å². The van der Waals surface area contributed by atoms with E-state index in [1.807, 2.05) is 0 Å². The topological polar surface area (TPSA) is 99.0 Å². The number of hydrogen-bond acceptors (Lipinski definition) is 6. The summed E-state index contributed by atoms with van der Waals surface area (Å²) in [5.41, 5.74) is 2.34. The molecule has 0 unspecified atom stereocenters. The molecular formula is C8H15NO5. The van der Waals surface area contributed by atoms with E-state index >= 15 is 0 Å². The Labute approximate surface area is 81.8 Å². The molecule has 0 radical (unpaired) electrons. The largest absolute Gasteiger partial charge is 0.394 e. The monoisotopic (exact) mass is 205 g/mol. The van der Waals surface area contributed by atoms with Crippen molar-refractivity contribution >= 4 is 6.29 Å². The molecule has 0 bridgehead atoms. The van der Waals surface area contributed by atoms with Gasteiger partial charge in [-0.3, -0.25) is 4.84 Å². The summed E-state index contributed by atoms with van der Waals surface area (Å²) in [6.07, 6.45) is -2.27. The molecule has 14 heavy (non-hydrogen) atoms. The highest BCUT2D eigenvalue weighted by atomic mass is 16.7. The van der Waals surface area contributed by atoms with Gasteiger partial charge in [-0.15, -0.1) is 6.58 Å². The molecule has 0 fully saturated rings. The van der Waals surface area contributed by atoms with Crippen molar-refractivity contribution in [3.8, 4) is 0 Å². The third-order valence-electron chi connectivity index (χ3n) is 1.50. The van der Waals surface area contributed by atoms with Crippen LogP contribution in [0.25, 0.3) is 0 Å². The first-order chi connectivity index (χ1) is 6.67. The number of carbonyl (C=O) groups excluding carboxylic acids is 1. The molecule has 0 amide bonds. The van der Waals surface area contributed by atoms with E-state index in [2.05, 4.69) is 12.1 Å². The molecule has 4 N–H and O–H groups in total. The van der Waals surface area contributed by atoms with Gasteiger partial charge in [-0.05, 0) is 0 Å². The van der Waals surface area contributed by atoms with E-state index in [0.717, 1.165) is 0 Å². The lowest BCUT2D eigenvalue weighted by Crippen LogP contribution is -2.44. The Bertz CT molecular complexity index is 175. The molecule has 0 saturated carbocycles. The SMILES string of the molecule is C=CCNO[C@@H](C=O)[C@H](O)[C@H](O)CO. The normalized spacial score (nSPS) is 17.1. The van der Waals surface area contributed by atoms with Crippen molar-refractivity contribution in [1.29, 1.82) is 0 Å². The van der Waals surface area contributed by atoms with Crippen LogP contribution in [0.1, 0.15) is 0 Å². The van der Waals surface area contributed by atoms with Gasteiger partial charge in [0.2, 0.25) is 0 Å². The lowest BCUT2D eigenvalue weighted by molar-refractivity contribution is -0.147. The van der Waals surface area contributed by atoms with Gasteiger partial charge >= 0.3 is 0 Å². The number of nitrogens with one attached hydrogen (secondary N) is 1. The molecule has 0 aliphatic carbocycles. The Morgan fingerprint density at radius 2 is 2.14 bits per heavy atom. The Balaban J connectivity index is 3.97. The van der Waals surface area contributed by atoms with Crippen LogP contribution in [-0.4, -0.2) is 53.1 Å². The lowest BCUT2D eigenvalue weighted by atomic mass is 10.1. The molecule has 0 rings (SSSR count). The average molecular weight is 205 g/mol. The zero-order valence-corrected chi connectivity index (χ0v) is 7.67. The van der Waals surface area contributed by atoms with Gasteiger partial charge in [0.15, 0.2) is 12.4 Å². The summed E-state index contributed by atoms with van der Waals surface area (Å²) in [5, 5.41) is 26.7. The maximum Gasteiger partial charge on any atom is 0.162 e. The summed E-state index contributed by atoms with van der Waals surface area (Å²) in [5.74, 6) is 0. The Morgan fingerprint density at radius 1 is 1.50 bits per heavy atom. The fraction of sp³-hybridized carbons (Fsp3) is 0.625. The standard InChI is InChI=1S/C8H15NO5/c1-2-3-9-14-7(5-11)8(13)6(12)4-10/h2,5-10,12-13H,1,3-4H2/t6-,7+,8-/m1/s1. The molecule has 0 spiro atoms. The van der Waals surface area contributed by atoms with Gasteiger partial charge in [-0.2, -0.15) is 5.48 Å². The van der Waals surface area contributed by atoms with E-state index in [1.165, 1.54) is 6.08 Å². The smallest absolute Gasteiger partial charge is 0.162 e. The lowest BCUT2D eigenvalue weighted by Gasteiger charge is -2.21. The molecule has 82 valence electrons. The Kier molecular flexibility index (Phi) is 7.17. The van der Waals surface area contributed by atoms with E-state index in [1.54, 1.807) is 0 Å². The summed E-state index contributed by atoms with van der Waals surface area (Å²) < 4.78 is 0. The predicted octanol–water partition coefficient (Wildman–Crippen LogP) is -2.02. The van der Waals surface area contributed by atoms with E-state index in [0.29, 0.717) is 12.8 Å². The van der Waals surface area contributed by atoms with Crippen molar-refractivity contribution < 1.29 is 25.0 Å². The maximum atomic E-state index is 10.4. The van der Waals surface area contributed by atoms with Crippen LogP contribution >= 0.6 is 0 Å². The maximum absolute atomic E-state index is 10.4. The van der Waals surface area contributed by atoms with Crippen LogP contribution in [-0.2, 0) is 9.63 Å². The van der Waals surface area contributed by atoms with Crippen molar-refractivity contribution in [3.05, 3.63) is 12.7 Å². The summed E-state index contributed by atoms with van der Waals surface area (Å²) in [4.78, 5) is 15.1. The molecular weight excluding hydrogens is 190 g/mol. The van der Waals surface area contributed by atoms with Gasteiger partial charge < -0.3 is 20.1 Å². The van der Waals surface area contributed by atoms with Crippen molar-refractivity contribution in [3.63, 3.8) is 0 Å².